The van der Waals surface area contributed by atoms with Crippen LogP contribution in [0.5, 0.6) is 0 Å². The van der Waals surface area contributed by atoms with Gasteiger partial charge in [-0.25, -0.2) is 9.97 Å². The number of aryl methyl sites for hydroxylation is 2. The van der Waals surface area contributed by atoms with Crippen molar-refractivity contribution in [2.45, 2.75) is 26.7 Å². The van der Waals surface area contributed by atoms with E-state index in [2.05, 4.69) is 22.0 Å². The van der Waals surface area contributed by atoms with Gasteiger partial charge < -0.3 is 5.73 Å². The van der Waals surface area contributed by atoms with Crippen molar-refractivity contribution >= 4 is 5.82 Å². The standard InChI is InChI=1S/C12H17N5/c1-4-5-10-14-11(8(2)12(13)15-10)9-6-7-17(3)16-9/h6-7H,4-5H2,1-3H3,(H2,13,14,15). The summed E-state index contributed by atoms with van der Waals surface area (Å²) in [7, 11) is 1.89. The Balaban J connectivity index is 2.52. The maximum Gasteiger partial charge on any atom is 0.131 e. The summed E-state index contributed by atoms with van der Waals surface area (Å²) in [5.74, 6) is 1.33. The molecule has 5 heteroatoms. The SMILES string of the molecule is CCCc1nc(N)c(C)c(-c2ccn(C)n2)n1. The van der Waals surface area contributed by atoms with Crippen LogP contribution in [0, 0.1) is 6.92 Å². The molecule has 0 unspecified atom stereocenters. The van der Waals surface area contributed by atoms with E-state index in [-0.39, 0.29) is 0 Å². The number of nitrogens with two attached hydrogens (primary N) is 1. The number of aromatic nitrogens is 4. The fraction of sp³-hybridized carbons (Fsp3) is 0.417. The molecule has 0 aromatic carbocycles. The van der Waals surface area contributed by atoms with Crippen molar-refractivity contribution in [3.8, 4) is 11.4 Å². The quantitative estimate of drug-likeness (QED) is 0.873. The first-order valence-corrected chi connectivity index (χ1v) is 5.74. The zero-order chi connectivity index (χ0) is 12.4. The van der Waals surface area contributed by atoms with Crippen LogP contribution in [0.2, 0.25) is 0 Å². The number of rotatable bonds is 3. The van der Waals surface area contributed by atoms with Crippen LogP contribution in [0.15, 0.2) is 12.3 Å². The Morgan fingerprint density at radius 1 is 1.35 bits per heavy atom. The van der Waals surface area contributed by atoms with Gasteiger partial charge in [-0.05, 0) is 19.4 Å². The summed E-state index contributed by atoms with van der Waals surface area (Å²) in [6.07, 6.45) is 3.74. The molecule has 2 rings (SSSR count). The van der Waals surface area contributed by atoms with Crippen molar-refractivity contribution in [1.29, 1.82) is 0 Å². The van der Waals surface area contributed by atoms with Gasteiger partial charge in [0.05, 0.1) is 5.69 Å². The van der Waals surface area contributed by atoms with Crippen LogP contribution in [0.3, 0.4) is 0 Å². The van der Waals surface area contributed by atoms with Crippen molar-refractivity contribution < 1.29 is 0 Å². The third-order valence-corrected chi connectivity index (χ3v) is 2.66. The number of anilines is 1. The molecule has 0 aliphatic rings. The van der Waals surface area contributed by atoms with E-state index in [0.717, 1.165) is 35.6 Å². The second-order valence-electron chi connectivity index (χ2n) is 4.12. The number of nitrogen functional groups attached to an aromatic ring is 1. The molecule has 0 aliphatic heterocycles. The molecular weight excluding hydrogens is 214 g/mol. The van der Waals surface area contributed by atoms with Crippen molar-refractivity contribution in [3.05, 3.63) is 23.7 Å². The lowest BCUT2D eigenvalue weighted by Gasteiger charge is -2.07. The molecule has 0 atom stereocenters. The summed E-state index contributed by atoms with van der Waals surface area (Å²) in [6.45, 7) is 4.02. The van der Waals surface area contributed by atoms with Gasteiger partial charge in [-0.3, -0.25) is 4.68 Å². The first kappa shape index (κ1) is 11.6. The topological polar surface area (TPSA) is 69.6 Å². The van der Waals surface area contributed by atoms with E-state index in [1.165, 1.54) is 0 Å². The molecule has 0 saturated carbocycles. The highest BCUT2D eigenvalue weighted by Crippen LogP contribution is 2.22. The molecule has 0 radical (unpaired) electrons. The third-order valence-electron chi connectivity index (χ3n) is 2.66. The second kappa shape index (κ2) is 4.53. The zero-order valence-electron chi connectivity index (χ0n) is 10.4. The molecule has 0 amide bonds. The lowest BCUT2D eigenvalue weighted by atomic mass is 10.1. The first-order valence-electron chi connectivity index (χ1n) is 5.74. The molecule has 0 bridgehead atoms. The minimum absolute atomic E-state index is 0.545. The van der Waals surface area contributed by atoms with Gasteiger partial charge in [0.15, 0.2) is 0 Å². The van der Waals surface area contributed by atoms with Gasteiger partial charge in [0.25, 0.3) is 0 Å². The van der Waals surface area contributed by atoms with E-state index in [1.807, 2.05) is 26.2 Å². The average molecular weight is 231 g/mol. The predicted molar refractivity (Wildman–Crippen MR) is 67.4 cm³/mol. The highest BCUT2D eigenvalue weighted by Gasteiger charge is 2.12. The largest absolute Gasteiger partial charge is 0.383 e. The Kier molecular flexibility index (Phi) is 3.08. The van der Waals surface area contributed by atoms with Crippen LogP contribution < -0.4 is 5.73 Å². The molecular formula is C12H17N5. The van der Waals surface area contributed by atoms with Crippen LogP contribution in [-0.4, -0.2) is 19.7 Å². The first-order chi connectivity index (χ1) is 8.11. The van der Waals surface area contributed by atoms with Crippen LogP contribution in [-0.2, 0) is 13.5 Å². The summed E-state index contributed by atoms with van der Waals surface area (Å²) in [5.41, 5.74) is 8.48. The summed E-state index contributed by atoms with van der Waals surface area (Å²) in [6, 6.07) is 1.94. The van der Waals surface area contributed by atoms with Crippen molar-refractivity contribution in [1.82, 2.24) is 19.7 Å². The Bertz CT molecular complexity index is 530. The Morgan fingerprint density at radius 3 is 2.71 bits per heavy atom. The molecule has 17 heavy (non-hydrogen) atoms. The molecule has 2 N–H and O–H groups in total. The molecule has 2 aromatic rings. The molecule has 2 aromatic heterocycles. The monoisotopic (exact) mass is 231 g/mol. The van der Waals surface area contributed by atoms with Gasteiger partial charge in [0.1, 0.15) is 17.3 Å². The molecule has 0 fully saturated rings. The molecule has 0 saturated heterocycles. The minimum atomic E-state index is 0.545. The van der Waals surface area contributed by atoms with E-state index < -0.39 is 0 Å². The van der Waals surface area contributed by atoms with Crippen LogP contribution in [0.4, 0.5) is 5.82 Å². The summed E-state index contributed by atoms with van der Waals surface area (Å²) in [5, 5.41) is 4.35. The lowest BCUT2D eigenvalue weighted by Crippen LogP contribution is -2.05. The Labute approximate surface area is 101 Å². The number of hydrogen-bond acceptors (Lipinski definition) is 4. The molecule has 90 valence electrons. The molecule has 0 aliphatic carbocycles. The van der Waals surface area contributed by atoms with Gasteiger partial charge in [-0.2, -0.15) is 5.10 Å². The van der Waals surface area contributed by atoms with E-state index in [4.69, 9.17) is 5.73 Å². The number of hydrogen-bond donors (Lipinski definition) is 1. The van der Waals surface area contributed by atoms with Gasteiger partial charge >= 0.3 is 0 Å². The normalized spacial score (nSPS) is 10.8. The molecule has 2 heterocycles. The summed E-state index contributed by atoms with van der Waals surface area (Å²) >= 11 is 0. The van der Waals surface area contributed by atoms with E-state index >= 15 is 0 Å². The molecule has 0 spiro atoms. The van der Waals surface area contributed by atoms with Crippen molar-refractivity contribution in [2.24, 2.45) is 7.05 Å². The highest BCUT2D eigenvalue weighted by molar-refractivity contribution is 5.63. The fourth-order valence-electron chi connectivity index (χ4n) is 1.71. The summed E-state index contributed by atoms with van der Waals surface area (Å²) in [4.78, 5) is 8.83. The average Bonchev–Trinajstić information content (AvgIpc) is 2.70. The second-order valence-corrected chi connectivity index (χ2v) is 4.12. The van der Waals surface area contributed by atoms with Gasteiger partial charge in [0, 0.05) is 25.2 Å². The predicted octanol–water partition coefficient (Wildman–Crippen LogP) is 1.72. The van der Waals surface area contributed by atoms with Crippen molar-refractivity contribution in [3.63, 3.8) is 0 Å². The van der Waals surface area contributed by atoms with Crippen LogP contribution >= 0.6 is 0 Å². The third kappa shape index (κ3) is 2.27. The Morgan fingerprint density at radius 2 is 2.12 bits per heavy atom. The Hall–Kier alpha value is -1.91. The summed E-state index contributed by atoms with van der Waals surface area (Å²) < 4.78 is 1.76. The van der Waals surface area contributed by atoms with Crippen LogP contribution in [0.1, 0.15) is 24.7 Å². The fourth-order valence-corrected chi connectivity index (χ4v) is 1.71. The molecule has 5 nitrogen and oxygen atoms in total. The smallest absolute Gasteiger partial charge is 0.131 e. The zero-order valence-corrected chi connectivity index (χ0v) is 10.4. The lowest BCUT2D eigenvalue weighted by molar-refractivity contribution is 0.767. The highest BCUT2D eigenvalue weighted by atomic mass is 15.3. The van der Waals surface area contributed by atoms with E-state index in [9.17, 15) is 0 Å². The van der Waals surface area contributed by atoms with E-state index in [0.29, 0.717) is 5.82 Å². The maximum atomic E-state index is 5.91. The van der Waals surface area contributed by atoms with Crippen LogP contribution in [0.25, 0.3) is 11.4 Å². The van der Waals surface area contributed by atoms with Gasteiger partial charge in [0.2, 0.25) is 0 Å². The van der Waals surface area contributed by atoms with E-state index in [1.54, 1.807) is 4.68 Å². The maximum absolute atomic E-state index is 5.91. The van der Waals surface area contributed by atoms with Gasteiger partial charge in [-0.15, -0.1) is 0 Å². The minimum Gasteiger partial charge on any atom is -0.383 e. The van der Waals surface area contributed by atoms with Gasteiger partial charge in [-0.1, -0.05) is 6.92 Å². The number of nitrogens with zero attached hydrogens (tertiary/aromatic N) is 4. The van der Waals surface area contributed by atoms with Crippen molar-refractivity contribution in [2.75, 3.05) is 5.73 Å².